The molecular formula is C10H18N2OS. The van der Waals surface area contributed by atoms with E-state index in [1.165, 1.54) is 12.8 Å². The zero-order chi connectivity index (χ0) is 10.1. The van der Waals surface area contributed by atoms with Crippen LogP contribution in [0.25, 0.3) is 0 Å². The second-order valence-corrected chi connectivity index (χ2v) is 4.77. The van der Waals surface area contributed by atoms with Gasteiger partial charge in [-0.05, 0) is 38.9 Å². The van der Waals surface area contributed by atoms with Gasteiger partial charge in [-0.3, -0.25) is 0 Å². The standard InChI is InChI=1S/C10H18N2OS/c1-7-5-12(6-8(2)13-7)10(14)11-9-3-4-9/h7-9H,3-6H2,1-2H3,(H,11,14). The van der Waals surface area contributed by atoms with E-state index in [0.29, 0.717) is 6.04 Å². The molecule has 0 bridgehead atoms. The topological polar surface area (TPSA) is 24.5 Å². The molecule has 1 aliphatic heterocycles. The van der Waals surface area contributed by atoms with E-state index in [1.54, 1.807) is 0 Å². The third-order valence-corrected chi connectivity index (χ3v) is 2.99. The molecule has 1 saturated heterocycles. The third-order valence-electron chi connectivity index (χ3n) is 2.61. The van der Waals surface area contributed by atoms with Crippen LogP contribution in [0.2, 0.25) is 0 Å². The van der Waals surface area contributed by atoms with Crippen LogP contribution in [0.15, 0.2) is 0 Å². The first kappa shape index (κ1) is 10.2. The number of hydrogen-bond acceptors (Lipinski definition) is 2. The largest absolute Gasteiger partial charge is 0.372 e. The Labute approximate surface area is 90.8 Å². The van der Waals surface area contributed by atoms with Gasteiger partial charge in [0.05, 0.1) is 12.2 Å². The van der Waals surface area contributed by atoms with Gasteiger partial charge in [-0.25, -0.2) is 0 Å². The van der Waals surface area contributed by atoms with Crippen LogP contribution in [0.1, 0.15) is 26.7 Å². The second kappa shape index (κ2) is 4.03. The molecule has 1 N–H and O–H groups in total. The zero-order valence-electron chi connectivity index (χ0n) is 8.82. The lowest BCUT2D eigenvalue weighted by molar-refractivity contribution is -0.0482. The Balaban J connectivity index is 1.85. The second-order valence-electron chi connectivity index (χ2n) is 4.39. The van der Waals surface area contributed by atoms with Crippen LogP contribution < -0.4 is 5.32 Å². The van der Waals surface area contributed by atoms with Crippen molar-refractivity contribution in [3.05, 3.63) is 0 Å². The fourth-order valence-electron chi connectivity index (χ4n) is 1.84. The zero-order valence-corrected chi connectivity index (χ0v) is 9.64. The number of hydrogen-bond donors (Lipinski definition) is 1. The molecule has 0 aromatic carbocycles. The van der Waals surface area contributed by atoms with Crippen molar-refractivity contribution in [1.29, 1.82) is 0 Å². The minimum absolute atomic E-state index is 0.290. The summed E-state index contributed by atoms with van der Waals surface area (Å²) in [7, 11) is 0. The highest BCUT2D eigenvalue weighted by Crippen LogP contribution is 2.20. The van der Waals surface area contributed by atoms with Crippen molar-refractivity contribution < 1.29 is 4.74 Å². The number of thiocarbonyl (C=S) groups is 1. The molecule has 3 nitrogen and oxygen atoms in total. The maximum absolute atomic E-state index is 5.66. The Morgan fingerprint density at radius 2 is 1.86 bits per heavy atom. The molecule has 14 heavy (non-hydrogen) atoms. The van der Waals surface area contributed by atoms with E-state index in [9.17, 15) is 0 Å². The first-order chi connectivity index (χ1) is 6.65. The van der Waals surface area contributed by atoms with Gasteiger partial charge in [-0.2, -0.15) is 0 Å². The quantitative estimate of drug-likeness (QED) is 0.661. The predicted molar refractivity (Wildman–Crippen MR) is 60.3 cm³/mol. The molecule has 4 heteroatoms. The van der Waals surface area contributed by atoms with Gasteiger partial charge in [0.2, 0.25) is 0 Å². The molecule has 80 valence electrons. The average Bonchev–Trinajstić information content (AvgIpc) is 2.86. The Morgan fingerprint density at radius 1 is 1.29 bits per heavy atom. The minimum atomic E-state index is 0.290. The summed E-state index contributed by atoms with van der Waals surface area (Å²) in [5.41, 5.74) is 0. The molecule has 2 rings (SSSR count). The van der Waals surface area contributed by atoms with E-state index in [4.69, 9.17) is 17.0 Å². The molecule has 0 amide bonds. The van der Waals surface area contributed by atoms with Crippen molar-refractivity contribution in [1.82, 2.24) is 10.2 Å². The van der Waals surface area contributed by atoms with E-state index < -0.39 is 0 Å². The van der Waals surface area contributed by atoms with Gasteiger partial charge in [0.25, 0.3) is 0 Å². The predicted octanol–water partition coefficient (Wildman–Crippen LogP) is 1.13. The van der Waals surface area contributed by atoms with Gasteiger partial charge in [0, 0.05) is 19.1 Å². The van der Waals surface area contributed by atoms with Crippen LogP contribution in [0, 0.1) is 0 Å². The fourth-order valence-corrected chi connectivity index (χ4v) is 2.15. The molecule has 2 atom stereocenters. The van der Waals surface area contributed by atoms with E-state index in [2.05, 4.69) is 24.1 Å². The monoisotopic (exact) mass is 214 g/mol. The Bertz CT molecular complexity index is 220. The first-order valence-electron chi connectivity index (χ1n) is 5.36. The SMILES string of the molecule is CC1CN(C(=S)NC2CC2)CC(C)O1. The van der Waals surface area contributed by atoms with Gasteiger partial charge in [0.15, 0.2) is 5.11 Å². The van der Waals surface area contributed by atoms with Crippen molar-refractivity contribution in [3.63, 3.8) is 0 Å². The molecule has 0 spiro atoms. The van der Waals surface area contributed by atoms with Crippen molar-refractivity contribution in [2.45, 2.75) is 44.9 Å². The minimum Gasteiger partial charge on any atom is -0.372 e. The summed E-state index contributed by atoms with van der Waals surface area (Å²) in [6.07, 6.45) is 3.13. The van der Waals surface area contributed by atoms with Crippen LogP contribution >= 0.6 is 12.2 Å². The number of nitrogens with one attached hydrogen (secondary N) is 1. The van der Waals surface area contributed by atoms with E-state index in [0.717, 1.165) is 18.2 Å². The maximum atomic E-state index is 5.66. The number of morpholine rings is 1. The summed E-state index contributed by atoms with van der Waals surface area (Å²) < 4.78 is 5.66. The molecule has 1 saturated carbocycles. The van der Waals surface area contributed by atoms with Crippen LogP contribution in [0.4, 0.5) is 0 Å². The van der Waals surface area contributed by atoms with Gasteiger partial charge in [0.1, 0.15) is 0 Å². The molecule has 2 aliphatic rings. The highest BCUT2D eigenvalue weighted by atomic mass is 32.1. The molecule has 0 aromatic heterocycles. The number of rotatable bonds is 1. The van der Waals surface area contributed by atoms with Crippen molar-refractivity contribution in [3.8, 4) is 0 Å². The molecule has 1 heterocycles. The smallest absolute Gasteiger partial charge is 0.169 e. The summed E-state index contributed by atoms with van der Waals surface area (Å²) in [6, 6.07) is 0.649. The lowest BCUT2D eigenvalue weighted by atomic mass is 10.2. The fraction of sp³-hybridized carbons (Fsp3) is 0.900. The molecular weight excluding hydrogens is 196 g/mol. The number of ether oxygens (including phenoxy) is 1. The maximum Gasteiger partial charge on any atom is 0.169 e. The van der Waals surface area contributed by atoms with E-state index >= 15 is 0 Å². The number of nitrogens with zero attached hydrogens (tertiary/aromatic N) is 1. The van der Waals surface area contributed by atoms with Gasteiger partial charge in [-0.1, -0.05) is 0 Å². The third kappa shape index (κ3) is 2.58. The van der Waals surface area contributed by atoms with Crippen LogP contribution in [0.3, 0.4) is 0 Å². The van der Waals surface area contributed by atoms with E-state index in [1.807, 2.05) is 0 Å². The van der Waals surface area contributed by atoms with Crippen LogP contribution in [-0.4, -0.2) is 41.4 Å². The molecule has 0 radical (unpaired) electrons. The molecule has 1 aliphatic carbocycles. The van der Waals surface area contributed by atoms with Crippen molar-refractivity contribution in [2.24, 2.45) is 0 Å². The molecule has 2 fully saturated rings. The van der Waals surface area contributed by atoms with Crippen LogP contribution in [-0.2, 0) is 4.74 Å². The Kier molecular flexibility index (Phi) is 2.93. The summed E-state index contributed by atoms with van der Waals surface area (Å²) in [6.45, 7) is 6.04. The van der Waals surface area contributed by atoms with Gasteiger partial charge in [-0.15, -0.1) is 0 Å². The normalized spacial score (nSPS) is 32.9. The van der Waals surface area contributed by atoms with Crippen molar-refractivity contribution in [2.75, 3.05) is 13.1 Å². The lowest BCUT2D eigenvalue weighted by Crippen LogP contribution is -2.51. The molecule has 2 unspecified atom stereocenters. The average molecular weight is 214 g/mol. The summed E-state index contributed by atoms with van der Waals surface area (Å²) in [5.74, 6) is 0. The van der Waals surface area contributed by atoms with E-state index in [-0.39, 0.29) is 12.2 Å². The van der Waals surface area contributed by atoms with Gasteiger partial charge < -0.3 is 15.0 Å². The Hall–Kier alpha value is -0.350. The first-order valence-corrected chi connectivity index (χ1v) is 5.77. The molecule has 0 aromatic rings. The van der Waals surface area contributed by atoms with Crippen LogP contribution in [0.5, 0.6) is 0 Å². The highest BCUT2D eigenvalue weighted by molar-refractivity contribution is 7.80. The van der Waals surface area contributed by atoms with Crippen molar-refractivity contribution >= 4 is 17.3 Å². The lowest BCUT2D eigenvalue weighted by Gasteiger charge is -2.37. The summed E-state index contributed by atoms with van der Waals surface area (Å²) >= 11 is 5.36. The Morgan fingerprint density at radius 3 is 2.36 bits per heavy atom. The summed E-state index contributed by atoms with van der Waals surface area (Å²) in [4.78, 5) is 2.23. The highest BCUT2D eigenvalue weighted by Gasteiger charge is 2.27. The summed E-state index contributed by atoms with van der Waals surface area (Å²) in [5, 5.41) is 4.28. The van der Waals surface area contributed by atoms with Gasteiger partial charge >= 0.3 is 0 Å².